The van der Waals surface area contributed by atoms with Crippen LogP contribution in [0.2, 0.25) is 0 Å². The summed E-state index contributed by atoms with van der Waals surface area (Å²) >= 11 is 0. The molecule has 1 unspecified atom stereocenters. The van der Waals surface area contributed by atoms with E-state index in [-0.39, 0.29) is 11.9 Å². The van der Waals surface area contributed by atoms with Crippen LogP contribution in [0, 0.1) is 0 Å². The van der Waals surface area contributed by atoms with Crippen LogP contribution in [-0.2, 0) is 14.2 Å². The van der Waals surface area contributed by atoms with E-state index in [2.05, 4.69) is 46.1 Å². The lowest BCUT2D eigenvalue weighted by Gasteiger charge is -2.26. The topological polar surface area (TPSA) is 27.7 Å². The van der Waals surface area contributed by atoms with Crippen LogP contribution in [0.15, 0.2) is 36.6 Å². The van der Waals surface area contributed by atoms with Gasteiger partial charge < -0.3 is 14.2 Å². The fraction of sp³-hybridized carbons (Fsp3) is 0.684. The minimum Gasteiger partial charge on any atom is -0.493 e. The molecule has 3 heteroatoms. The first-order chi connectivity index (χ1) is 10.3. The molecular formula is C19H34O3. The third-order valence-electron chi connectivity index (χ3n) is 3.25. The SMILES string of the molecule is C=C(CC)COC(CC=CCC(C)(C)OC(=C)CC)OCC. The Kier molecular flexibility index (Phi) is 10.9. The second kappa shape index (κ2) is 11.5. The molecule has 0 rings (SSSR count). The number of hydrogen-bond donors (Lipinski definition) is 0. The van der Waals surface area contributed by atoms with Gasteiger partial charge in [0.05, 0.1) is 12.4 Å². The van der Waals surface area contributed by atoms with Crippen molar-refractivity contribution in [1.29, 1.82) is 0 Å². The van der Waals surface area contributed by atoms with Gasteiger partial charge in [-0.15, -0.1) is 0 Å². The Hall–Kier alpha value is -1.06. The van der Waals surface area contributed by atoms with Crippen LogP contribution in [0.5, 0.6) is 0 Å². The Balaban J connectivity index is 4.22. The normalized spacial score (nSPS) is 13.3. The van der Waals surface area contributed by atoms with Crippen LogP contribution in [-0.4, -0.2) is 25.1 Å². The van der Waals surface area contributed by atoms with Crippen molar-refractivity contribution in [2.45, 2.75) is 72.2 Å². The lowest BCUT2D eigenvalue weighted by molar-refractivity contribution is -0.130. The van der Waals surface area contributed by atoms with Gasteiger partial charge in [0.15, 0.2) is 6.29 Å². The third-order valence-corrected chi connectivity index (χ3v) is 3.25. The summed E-state index contributed by atoms with van der Waals surface area (Å²) in [5, 5.41) is 0. The van der Waals surface area contributed by atoms with Crippen molar-refractivity contribution in [3.05, 3.63) is 36.6 Å². The van der Waals surface area contributed by atoms with E-state index in [0.717, 1.165) is 37.0 Å². The van der Waals surface area contributed by atoms with Gasteiger partial charge in [0.2, 0.25) is 0 Å². The zero-order chi connectivity index (χ0) is 17.0. The molecule has 0 saturated carbocycles. The fourth-order valence-corrected chi connectivity index (χ4v) is 1.76. The standard InChI is InChI=1S/C19H34O3/c1-8-16(4)15-21-18(20-10-3)13-11-12-14-19(6,7)22-17(5)9-2/h11-12,18H,4-5,8-10,13-15H2,1-3,6-7H3. The van der Waals surface area contributed by atoms with Gasteiger partial charge in [-0.1, -0.05) is 44.7 Å². The minimum absolute atomic E-state index is 0.209. The molecule has 0 bridgehead atoms. The lowest BCUT2D eigenvalue weighted by atomic mass is 10.0. The molecular weight excluding hydrogens is 276 g/mol. The maximum absolute atomic E-state index is 5.82. The molecule has 0 fully saturated rings. The molecule has 0 aromatic carbocycles. The van der Waals surface area contributed by atoms with E-state index in [1.165, 1.54) is 0 Å². The van der Waals surface area contributed by atoms with Crippen LogP contribution in [0.4, 0.5) is 0 Å². The first-order valence-corrected chi connectivity index (χ1v) is 8.26. The Labute approximate surface area is 137 Å². The van der Waals surface area contributed by atoms with E-state index in [0.29, 0.717) is 13.2 Å². The molecule has 0 saturated heterocycles. The molecule has 1 atom stereocenters. The average molecular weight is 310 g/mol. The number of allylic oxidation sites excluding steroid dienone is 1. The van der Waals surface area contributed by atoms with Crippen LogP contribution >= 0.6 is 0 Å². The highest BCUT2D eigenvalue weighted by atomic mass is 16.7. The Morgan fingerprint density at radius 1 is 1.05 bits per heavy atom. The zero-order valence-electron chi connectivity index (χ0n) is 15.1. The summed E-state index contributed by atoms with van der Waals surface area (Å²) < 4.78 is 17.1. The van der Waals surface area contributed by atoms with Crippen molar-refractivity contribution in [2.24, 2.45) is 0 Å². The van der Waals surface area contributed by atoms with E-state index >= 15 is 0 Å². The smallest absolute Gasteiger partial charge is 0.161 e. The van der Waals surface area contributed by atoms with Gasteiger partial charge in [0.1, 0.15) is 5.60 Å². The lowest BCUT2D eigenvalue weighted by Crippen LogP contribution is -2.23. The summed E-state index contributed by atoms with van der Waals surface area (Å²) in [5.41, 5.74) is 0.850. The summed E-state index contributed by atoms with van der Waals surface area (Å²) in [6.45, 7) is 19.3. The van der Waals surface area contributed by atoms with Gasteiger partial charge in [-0.2, -0.15) is 0 Å². The van der Waals surface area contributed by atoms with Gasteiger partial charge in [-0.05, 0) is 27.2 Å². The highest BCUT2D eigenvalue weighted by molar-refractivity contribution is 4.94. The quantitative estimate of drug-likeness (QED) is 0.259. The molecule has 0 aliphatic rings. The summed E-state index contributed by atoms with van der Waals surface area (Å²) in [5.74, 6) is 0.826. The highest BCUT2D eigenvalue weighted by Crippen LogP contribution is 2.20. The van der Waals surface area contributed by atoms with Gasteiger partial charge in [0.25, 0.3) is 0 Å². The van der Waals surface area contributed by atoms with Crippen molar-refractivity contribution < 1.29 is 14.2 Å². The number of rotatable bonds is 13. The van der Waals surface area contributed by atoms with E-state index < -0.39 is 0 Å². The molecule has 0 aliphatic heterocycles. The summed E-state index contributed by atoms with van der Waals surface area (Å²) in [7, 11) is 0. The molecule has 0 N–H and O–H groups in total. The van der Waals surface area contributed by atoms with Crippen molar-refractivity contribution in [3.63, 3.8) is 0 Å². The van der Waals surface area contributed by atoms with E-state index in [9.17, 15) is 0 Å². The third kappa shape index (κ3) is 10.6. The molecule has 0 spiro atoms. The van der Waals surface area contributed by atoms with Crippen LogP contribution < -0.4 is 0 Å². The minimum atomic E-state index is -0.234. The molecule has 128 valence electrons. The zero-order valence-corrected chi connectivity index (χ0v) is 15.1. The van der Waals surface area contributed by atoms with Crippen LogP contribution in [0.25, 0.3) is 0 Å². The average Bonchev–Trinajstić information content (AvgIpc) is 2.47. The first kappa shape index (κ1) is 20.9. The molecule has 0 aliphatic carbocycles. The first-order valence-electron chi connectivity index (χ1n) is 8.26. The maximum atomic E-state index is 5.82. The second-order valence-corrected chi connectivity index (χ2v) is 5.96. The molecule has 0 amide bonds. The van der Waals surface area contributed by atoms with Crippen LogP contribution in [0.1, 0.15) is 60.3 Å². The summed E-state index contributed by atoms with van der Waals surface area (Å²) in [4.78, 5) is 0. The van der Waals surface area contributed by atoms with Gasteiger partial charge in [0, 0.05) is 25.9 Å². The Morgan fingerprint density at radius 2 is 1.73 bits per heavy atom. The number of ether oxygens (including phenoxy) is 3. The molecule has 22 heavy (non-hydrogen) atoms. The van der Waals surface area contributed by atoms with Gasteiger partial charge in [-0.3, -0.25) is 0 Å². The van der Waals surface area contributed by atoms with Crippen molar-refractivity contribution in [3.8, 4) is 0 Å². The Morgan fingerprint density at radius 3 is 2.27 bits per heavy atom. The van der Waals surface area contributed by atoms with Crippen molar-refractivity contribution >= 4 is 0 Å². The van der Waals surface area contributed by atoms with Gasteiger partial charge in [-0.25, -0.2) is 0 Å². The fourth-order valence-electron chi connectivity index (χ4n) is 1.76. The predicted octanol–water partition coefficient (Wildman–Crippen LogP) is 5.39. The number of hydrogen-bond acceptors (Lipinski definition) is 3. The molecule has 3 nitrogen and oxygen atoms in total. The highest BCUT2D eigenvalue weighted by Gasteiger charge is 2.18. The molecule has 0 aromatic rings. The second-order valence-electron chi connectivity index (χ2n) is 5.96. The van der Waals surface area contributed by atoms with Gasteiger partial charge >= 0.3 is 0 Å². The van der Waals surface area contributed by atoms with Crippen LogP contribution in [0.3, 0.4) is 0 Å². The molecule has 0 aromatic heterocycles. The van der Waals surface area contributed by atoms with E-state index in [1.807, 2.05) is 13.8 Å². The molecule has 0 heterocycles. The molecule has 0 radical (unpaired) electrons. The maximum Gasteiger partial charge on any atom is 0.161 e. The van der Waals surface area contributed by atoms with Crippen molar-refractivity contribution in [2.75, 3.05) is 13.2 Å². The van der Waals surface area contributed by atoms with E-state index in [4.69, 9.17) is 14.2 Å². The van der Waals surface area contributed by atoms with Crippen molar-refractivity contribution in [1.82, 2.24) is 0 Å². The monoisotopic (exact) mass is 310 g/mol. The van der Waals surface area contributed by atoms with E-state index in [1.54, 1.807) is 0 Å². The summed E-state index contributed by atoms with van der Waals surface area (Å²) in [6.07, 6.45) is 7.33. The summed E-state index contributed by atoms with van der Waals surface area (Å²) in [6, 6.07) is 0. The predicted molar refractivity (Wildman–Crippen MR) is 93.8 cm³/mol. The largest absolute Gasteiger partial charge is 0.493 e. The Bertz CT molecular complexity index is 356.